The molecular formula is C14H17BrN2O. The number of rotatable bonds is 4. The second-order valence-electron chi connectivity index (χ2n) is 4.91. The van der Waals surface area contributed by atoms with Crippen LogP contribution in [0.15, 0.2) is 22.9 Å². The topological polar surface area (TPSA) is 27.1 Å². The Hall–Kier alpha value is -1.03. The summed E-state index contributed by atoms with van der Waals surface area (Å²) in [4.78, 5) is 4.39. The van der Waals surface area contributed by atoms with Crippen molar-refractivity contribution in [2.24, 2.45) is 5.92 Å². The molecule has 1 aromatic heterocycles. The van der Waals surface area contributed by atoms with Crippen molar-refractivity contribution in [3.63, 3.8) is 0 Å². The maximum absolute atomic E-state index is 5.93. The molecule has 0 aliphatic heterocycles. The van der Waals surface area contributed by atoms with E-state index in [9.17, 15) is 0 Å². The number of ether oxygens (including phenoxy) is 1. The van der Waals surface area contributed by atoms with Crippen molar-refractivity contribution in [2.45, 2.75) is 32.7 Å². The molecule has 0 N–H and O–H groups in total. The lowest BCUT2D eigenvalue weighted by atomic mass is 9.86. The van der Waals surface area contributed by atoms with Gasteiger partial charge in [-0.05, 0) is 47.7 Å². The smallest absolute Gasteiger partial charge is 0.135 e. The minimum atomic E-state index is 0.753. The number of halogens is 1. The van der Waals surface area contributed by atoms with Crippen LogP contribution in [0.5, 0.6) is 5.75 Å². The maximum Gasteiger partial charge on any atom is 0.135 e. The molecule has 1 aliphatic carbocycles. The van der Waals surface area contributed by atoms with E-state index in [0.29, 0.717) is 0 Å². The molecule has 2 aromatic rings. The summed E-state index contributed by atoms with van der Waals surface area (Å²) in [6, 6.07) is 4.13. The van der Waals surface area contributed by atoms with Crippen LogP contribution in [0.4, 0.5) is 0 Å². The number of hydrogen-bond donors (Lipinski definition) is 0. The van der Waals surface area contributed by atoms with Crippen molar-refractivity contribution in [2.75, 3.05) is 6.61 Å². The van der Waals surface area contributed by atoms with Gasteiger partial charge in [0, 0.05) is 12.6 Å². The molecule has 3 rings (SSSR count). The third-order valence-corrected chi connectivity index (χ3v) is 4.33. The Bertz CT molecular complexity index is 560. The van der Waals surface area contributed by atoms with Crippen LogP contribution in [-0.4, -0.2) is 16.2 Å². The van der Waals surface area contributed by atoms with E-state index < -0.39 is 0 Å². The fraction of sp³-hybridized carbons (Fsp3) is 0.500. The number of hydrogen-bond acceptors (Lipinski definition) is 2. The van der Waals surface area contributed by atoms with Crippen LogP contribution in [0.3, 0.4) is 0 Å². The Labute approximate surface area is 115 Å². The zero-order valence-electron chi connectivity index (χ0n) is 10.5. The second-order valence-corrected chi connectivity index (χ2v) is 5.76. The van der Waals surface area contributed by atoms with Crippen LogP contribution >= 0.6 is 15.9 Å². The summed E-state index contributed by atoms with van der Waals surface area (Å²) in [5, 5.41) is 0. The molecule has 96 valence electrons. The Morgan fingerprint density at radius 1 is 1.44 bits per heavy atom. The van der Waals surface area contributed by atoms with Crippen LogP contribution in [0.25, 0.3) is 11.0 Å². The minimum Gasteiger partial charge on any atom is -0.492 e. The minimum absolute atomic E-state index is 0.753. The van der Waals surface area contributed by atoms with Crippen molar-refractivity contribution in [3.05, 3.63) is 22.9 Å². The summed E-state index contributed by atoms with van der Waals surface area (Å²) in [6.45, 7) is 3.89. The van der Waals surface area contributed by atoms with E-state index in [1.165, 1.54) is 19.3 Å². The molecule has 0 spiro atoms. The lowest BCUT2D eigenvalue weighted by molar-refractivity contribution is 0.180. The molecule has 1 heterocycles. The number of aryl methyl sites for hydroxylation is 1. The van der Waals surface area contributed by atoms with Crippen LogP contribution < -0.4 is 4.74 Å². The Morgan fingerprint density at radius 3 is 2.94 bits per heavy atom. The molecule has 0 atom stereocenters. The van der Waals surface area contributed by atoms with Crippen molar-refractivity contribution >= 4 is 27.0 Å². The SMILES string of the molecule is CCn1cnc2cc(Br)c(OCC3CCC3)cc21. The molecule has 1 aliphatic rings. The van der Waals surface area contributed by atoms with Crippen LogP contribution in [0, 0.1) is 5.92 Å². The number of imidazole rings is 1. The molecule has 18 heavy (non-hydrogen) atoms. The highest BCUT2D eigenvalue weighted by Gasteiger charge is 2.18. The highest BCUT2D eigenvalue weighted by Crippen LogP contribution is 2.32. The predicted molar refractivity (Wildman–Crippen MR) is 75.9 cm³/mol. The van der Waals surface area contributed by atoms with Gasteiger partial charge in [-0.3, -0.25) is 0 Å². The van der Waals surface area contributed by atoms with Crippen molar-refractivity contribution in [1.29, 1.82) is 0 Å². The highest BCUT2D eigenvalue weighted by atomic mass is 79.9. The summed E-state index contributed by atoms with van der Waals surface area (Å²) < 4.78 is 9.06. The molecule has 3 nitrogen and oxygen atoms in total. The van der Waals surface area contributed by atoms with Gasteiger partial charge in [0.25, 0.3) is 0 Å². The third kappa shape index (κ3) is 2.14. The van der Waals surface area contributed by atoms with Gasteiger partial charge in [-0.1, -0.05) is 6.42 Å². The van der Waals surface area contributed by atoms with Crippen molar-refractivity contribution in [1.82, 2.24) is 9.55 Å². The fourth-order valence-corrected chi connectivity index (χ4v) is 2.74. The van der Waals surface area contributed by atoms with Gasteiger partial charge >= 0.3 is 0 Å². The summed E-state index contributed by atoms with van der Waals surface area (Å²) >= 11 is 3.56. The molecule has 0 saturated heterocycles. The van der Waals surface area contributed by atoms with Gasteiger partial charge in [-0.15, -0.1) is 0 Å². The number of nitrogens with zero attached hydrogens (tertiary/aromatic N) is 2. The summed E-state index contributed by atoms with van der Waals surface area (Å²) in [5.41, 5.74) is 2.16. The fourth-order valence-electron chi connectivity index (χ4n) is 2.29. The lowest BCUT2D eigenvalue weighted by Gasteiger charge is -2.25. The van der Waals surface area contributed by atoms with Crippen molar-refractivity contribution in [3.8, 4) is 5.75 Å². The van der Waals surface area contributed by atoms with Crippen LogP contribution in [0.2, 0.25) is 0 Å². The normalized spacial score (nSPS) is 15.9. The first-order valence-electron chi connectivity index (χ1n) is 6.55. The third-order valence-electron chi connectivity index (χ3n) is 3.71. The van der Waals surface area contributed by atoms with Gasteiger partial charge in [0.05, 0.1) is 28.4 Å². The van der Waals surface area contributed by atoms with Gasteiger partial charge in [-0.2, -0.15) is 0 Å². The largest absolute Gasteiger partial charge is 0.492 e. The van der Waals surface area contributed by atoms with Crippen LogP contribution in [0.1, 0.15) is 26.2 Å². The monoisotopic (exact) mass is 308 g/mol. The zero-order valence-corrected chi connectivity index (χ0v) is 12.1. The average Bonchev–Trinajstić information content (AvgIpc) is 2.69. The molecule has 0 bridgehead atoms. The summed E-state index contributed by atoms with van der Waals surface area (Å²) in [5.74, 6) is 1.69. The van der Waals surface area contributed by atoms with Gasteiger partial charge in [0.2, 0.25) is 0 Å². The number of aromatic nitrogens is 2. The van der Waals surface area contributed by atoms with Gasteiger partial charge in [-0.25, -0.2) is 4.98 Å². The van der Waals surface area contributed by atoms with E-state index in [0.717, 1.165) is 40.3 Å². The standard InChI is InChI=1S/C14H17BrN2O/c1-2-17-9-16-12-6-11(15)14(7-13(12)17)18-8-10-4-3-5-10/h6-7,9-10H,2-5,8H2,1H3. The Balaban J connectivity index is 1.87. The molecule has 1 aromatic carbocycles. The Kier molecular flexibility index (Phi) is 3.29. The molecule has 1 saturated carbocycles. The molecule has 0 amide bonds. The molecule has 1 fully saturated rings. The van der Waals surface area contributed by atoms with Crippen LogP contribution in [-0.2, 0) is 6.54 Å². The number of benzene rings is 1. The first-order valence-corrected chi connectivity index (χ1v) is 7.34. The zero-order chi connectivity index (χ0) is 12.5. The second kappa shape index (κ2) is 4.92. The maximum atomic E-state index is 5.93. The molecule has 4 heteroatoms. The van der Waals surface area contributed by atoms with E-state index in [-0.39, 0.29) is 0 Å². The van der Waals surface area contributed by atoms with E-state index in [4.69, 9.17) is 4.74 Å². The highest BCUT2D eigenvalue weighted by molar-refractivity contribution is 9.10. The van der Waals surface area contributed by atoms with E-state index in [1.54, 1.807) is 0 Å². The quantitative estimate of drug-likeness (QED) is 0.853. The molecule has 0 unspecified atom stereocenters. The lowest BCUT2D eigenvalue weighted by Crippen LogP contribution is -2.19. The summed E-state index contributed by atoms with van der Waals surface area (Å²) in [7, 11) is 0. The van der Waals surface area contributed by atoms with E-state index in [1.807, 2.05) is 12.4 Å². The van der Waals surface area contributed by atoms with Gasteiger partial charge < -0.3 is 9.30 Å². The van der Waals surface area contributed by atoms with Gasteiger partial charge in [0.15, 0.2) is 0 Å². The molecule has 0 radical (unpaired) electrons. The average molecular weight is 309 g/mol. The van der Waals surface area contributed by atoms with E-state index >= 15 is 0 Å². The first kappa shape index (κ1) is 12.0. The Morgan fingerprint density at radius 2 is 2.28 bits per heavy atom. The summed E-state index contributed by atoms with van der Waals surface area (Å²) in [6.07, 6.45) is 5.86. The first-order chi connectivity index (χ1) is 8.78. The predicted octanol–water partition coefficient (Wildman–Crippen LogP) is 4.00. The van der Waals surface area contributed by atoms with E-state index in [2.05, 4.69) is 38.5 Å². The van der Waals surface area contributed by atoms with Crippen molar-refractivity contribution < 1.29 is 4.74 Å². The number of fused-ring (bicyclic) bond motifs is 1. The molecular weight excluding hydrogens is 292 g/mol. The van der Waals surface area contributed by atoms with Gasteiger partial charge in [0.1, 0.15) is 5.75 Å².